The molecule has 0 atom stereocenters. The predicted molar refractivity (Wildman–Crippen MR) is 120 cm³/mol. The Bertz CT molecular complexity index is 1450. The van der Waals surface area contributed by atoms with Gasteiger partial charge in [-0.15, -0.1) is 0 Å². The number of nitrogens with zero attached hydrogens (tertiary/aromatic N) is 1. The van der Waals surface area contributed by atoms with Gasteiger partial charge in [0.05, 0.1) is 10.4 Å². The minimum atomic E-state index is -4.04. The normalized spacial score (nSPS) is 11.7. The summed E-state index contributed by atoms with van der Waals surface area (Å²) in [7, 11) is -4.04. The lowest BCUT2D eigenvalue weighted by molar-refractivity contribution is -0.124. The Hall–Kier alpha value is -4.01. The maximum atomic E-state index is 13.5. The minimum absolute atomic E-state index is 0.00397. The number of para-hydroxylation sites is 1. The number of hydroxylamine groups is 1. The fraction of sp³-hybridized carbons (Fsp3) is 0. The molecule has 0 saturated heterocycles. The average Bonchev–Trinajstić information content (AvgIpc) is 3.23. The molecule has 1 aromatic heterocycles. The van der Waals surface area contributed by atoms with Crippen LogP contribution in [0.15, 0.2) is 95.9 Å². The molecule has 1 amide bonds. The second-order valence-electron chi connectivity index (χ2n) is 6.93. The van der Waals surface area contributed by atoms with Gasteiger partial charge in [-0.2, -0.15) is 0 Å². The van der Waals surface area contributed by atoms with Crippen LogP contribution in [0.4, 0.5) is 0 Å². The number of ketones is 1. The van der Waals surface area contributed by atoms with Crippen LogP contribution in [-0.4, -0.2) is 29.3 Å². The van der Waals surface area contributed by atoms with E-state index in [0.29, 0.717) is 16.5 Å². The summed E-state index contributed by atoms with van der Waals surface area (Å²) in [4.78, 5) is 24.7. The summed E-state index contributed by atoms with van der Waals surface area (Å²) in [5.41, 5.74) is 2.68. The Morgan fingerprint density at radius 2 is 1.59 bits per heavy atom. The van der Waals surface area contributed by atoms with Crippen molar-refractivity contribution in [3.8, 4) is 0 Å². The van der Waals surface area contributed by atoms with E-state index in [1.807, 2.05) is 0 Å². The quantitative estimate of drug-likeness (QED) is 0.204. The highest BCUT2D eigenvalue weighted by Gasteiger charge is 2.26. The first-order valence-electron chi connectivity index (χ1n) is 9.60. The molecule has 0 bridgehead atoms. The van der Waals surface area contributed by atoms with Crippen molar-refractivity contribution in [2.24, 2.45) is 0 Å². The van der Waals surface area contributed by atoms with Crippen molar-refractivity contribution in [3.05, 3.63) is 108 Å². The van der Waals surface area contributed by atoms with Crippen LogP contribution < -0.4 is 5.48 Å². The zero-order chi connectivity index (χ0) is 22.7. The molecule has 2 N–H and O–H groups in total. The van der Waals surface area contributed by atoms with Crippen molar-refractivity contribution in [2.45, 2.75) is 4.90 Å². The molecule has 4 aromatic rings. The van der Waals surface area contributed by atoms with Crippen LogP contribution in [-0.2, 0) is 14.8 Å². The molecular formula is C24H18N2O5S. The monoisotopic (exact) mass is 446 g/mol. The van der Waals surface area contributed by atoms with Gasteiger partial charge in [0, 0.05) is 17.0 Å². The Morgan fingerprint density at radius 3 is 2.34 bits per heavy atom. The number of hydrogen-bond acceptors (Lipinski definition) is 5. The molecule has 0 aliphatic heterocycles. The molecule has 0 fully saturated rings. The van der Waals surface area contributed by atoms with Crippen molar-refractivity contribution in [1.82, 2.24) is 9.45 Å². The van der Waals surface area contributed by atoms with Crippen molar-refractivity contribution in [3.63, 3.8) is 0 Å². The molecule has 4 rings (SSSR count). The molecule has 0 saturated carbocycles. The highest BCUT2D eigenvalue weighted by Crippen LogP contribution is 2.27. The highest BCUT2D eigenvalue weighted by molar-refractivity contribution is 7.90. The lowest BCUT2D eigenvalue weighted by Crippen LogP contribution is -2.19. The average molecular weight is 446 g/mol. The van der Waals surface area contributed by atoms with Crippen LogP contribution in [0.5, 0.6) is 0 Å². The van der Waals surface area contributed by atoms with E-state index < -0.39 is 21.7 Å². The Morgan fingerprint density at radius 1 is 0.875 bits per heavy atom. The van der Waals surface area contributed by atoms with Gasteiger partial charge in [-0.1, -0.05) is 54.6 Å². The third-order valence-electron chi connectivity index (χ3n) is 4.87. The van der Waals surface area contributed by atoms with Crippen LogP contribution >= 0.6 is 0 Å². The smallest absolute Gasteiger partial charge is 0.268 e. The zero-order valence-electron chi connectivity index (χ0n) is 16.7. The van der Waals surface area contributed by atoms with Crippen LogP contribution in [0, 0.1) is 0 Å². The third-order valence-corrected chi connectivity index (χ3v) is 6.61. The third kappa shape index (κ3) is 3.96. The number of carbonyl (C=O) groups is 2. The van der Waals surface area contributed by atoms with Gasteiger partial charge in [0.15, 0.2) is 0 Å². The van der Waals surface area contributed by atoms with E-state index in [2.05, 4.69) is 0 Å². The van der Waals surface area contributed by atoms with Gasteiger partial charge in [0.25, 0.3) is 15.9 Å². The molecule has 32 heavy (non-hydrogen) atoms. The van der Waals surface area contributed by atoms with Gasteiger partial charge >= 0.3 is 0 Å². The second-order valence-corrected chi connectivity index (χ2v) is 8.72. The molecule has 8 heteroatoms. The Labute approximate surface area is 184 Å². The first-order valence-corrected chi connectivity index (χ1v) is 11.0. The number of aromatic nitrogens is 1. The van der Waals surface area contributed by atoms with Crippen LogP contribution in [0.25, 0.3) is 17.0 Å². The number of amides is 1. The highest BCUT2D eigenvalue weighted by atomic mass is 32.2. The van der Waals surface area contributed by atoms with Gasteiger partial charge in [-0.3, -0.25) is 14.8 Å². The first kappa shape index (κ1) is 21.2. The second kappa shape index (κ2) is 8.62. The summed E-state index contributed by atoms with van der Waals surface area (Å²) in [6.07, 6.45) is 2.54. The number of fused-ring (bicyclic) bond motifs is 1. The number of rotatable bonds is 6. The number of carbonyl (C=O) groups excluding carboxylic acids is 2. The molecule has 160 valence electrons. The van der Waals surface area contributed by atoms with Crippen molar-refractivity contribution < 1.29 is 23.2 Å². The SMILES string of the molecule is O=C(/C=C/c1cccc(C(=O)c2cc3ccccc3n2S(=O)(=O)c2ccccc2)c1)NO. The summed E-state index contributed by atoms with van der Waals surface area (Å²) >= 11 is 0. The molecule has 7 nitrogen and oxygen atoms in total. The Balaban J connectivity index is 1.86. The van der Waals surface area contributed by atoms with Gasteiger partial charge in [-0.25, -0.2) is 17.9 Å². The molecule has 3 aromatic carbocycles. The van der Waals surface area contributed by atoms with Gasteiger partial charge < -0.3 is 0 Å². The van der Waals surface area contributed by atoms with Crippen LogP contribution in [0.3, 0.4) is 0 Å². The van der Waals surface area contributed by atoms with E-state index in [4.69, 9.17) is 5.21 Å². The largest absolute Gasteiger partial charge is 0.288 e. The molecule has 0 unspecified atom stereocenters. The van der Waals surface area contributed by atoms with Gasteiger partial charge in [-0.05, 0) is 42.0 Å². The van der Waals surface area contributed by atoms with E-state index in [-0.39, 0.29) is 16.2 Å². The lowest BCUT2D eigenvalue weighted by Gasteiger charge is -2.12. The van der Waals surface area contributed by atoms with Crippen molar-refractivity contribution in [1.29, 1.82) is 0 Å². The fourth-order valence-electron chi connectivity index (χ4n) is 3.39. The first-order chi connectivity index (χ1) is 15.4. The standard InChI is InChI=1S/C24H18N2O5S/c27-23(25-29)14-13-17-7-6-9-19(15-17)24(28)22-16-18-8-4-5-12-21(18)26(22)32(30,31)20-10-2-1-3-11-20/h1-16,29H,(H,25,27)/b14-13+. The zero-order valence-corrected chi connectivity index (χ0v) is 17.5. The maximum absolute atomic E-state index is 13.5. The molecule has 0 aliphatic carbocycles. The van der Waals surface area contributed by atoms with E-state index in [1.54, 1.807) is 72.8 Å². The number of nitrogens with one attached hydrogen (secondary N) is 1. The van der Waals surface area contributed by atoms with Crippen molar-refractivity contribution >= 4 is 38.7 Å². The maximum Gasteiger partial charge on any atom is 0.268 e. The van der Waals surface area contributed by atoms with E-state index in [1.165, 1.54) is 23.7 Å². The van der Waals surface area contributed by atoms with Crippen molar-refractivity contribution in [2.75, 3.05) is 0 Å². The summed E-state index contributed by atoms with van der Waals surface area (Å²) < 4.78 is 28.0. The summed E-state index contributed by atoms with van der Waals surface area (Å²) in [5.74, 6) is -1.20. The topological polar surface area (TPSA) is 105 Å². The predicted octanol–water partition coefficient (Wildman–Crippen LogP) is 3.63. The van der Waals surface area contributed by atoms with Gasteiger partial charge in [0.1, 0.15) is 5.69 Å². The summed E-state index contributed by atoms with van der Waals surface area (Å²) in [5, 5.41) is 9.23. The van der Waals surface area contributed by atoms with E-state index in [9.17, 15) is 18.0 Å². The Kier molecular flexibility index (Phi) is 5.72. The lowest BCUT2D eigenvalue weighted by atomic mass is 10.0. The van der Waals surface area contributed by atoms with Crippen LogP contribution in [0.2, 0.25) is 0 Å². The number of benzene rings is 3. The molecular weight excluding hydrogens is 428 g/mol. The van der Waals surface area contributed by atoms with Gasteiger partial charge in [0.2, 0.25) is 5.78 Å². The summed E-state index contributed by atoms with van der Waals surface area (Å²) in [6.45, 7) is 0. The number of hydrogen-bond donors (Lipinski definition) is 2. The summed E-state index contributed by atoms with van der Waals surface area (Å²) in [6, 6.07) is 22.8. The minimum Gasteiger partial charge on any atom is -0.288 e. The molecule has 0 spiro atoms. The molecule has 0 aliphatic rings. The molecule has 0 radical (unpaired) electrons. The fourth-order valence-corrected chi connectivity index (χ4v) is 4.92. The van der Waals surface area contributed by atoms with E-state index in [0.717, 1.165) is 10.0 Å². The van der Waals surface area contributed by atoms with Crippen LogP contribution in [0.1, 0.15) is 21.6 Å². The van der Waals surface area contributed by atoms with E-state index >= 15 is 0 Å². The molecule has 1 heterocycles.